The lowest BCUT2D eigenvalue weighted by atomic mass is 10.2. The van der Waals surface area contributed by atoms with Crippen molar-refractivity contribution in [3.8, 4) is 0 Å². The second-order valence-electron chi connectivity index (χ2n) is 3.48. The Labute approximate surface area is 111 Å². The van der Waals surface area contributed by atoms with Crippen molar-refractivity contribution in [3.63, 3.8) is 0 Å². The summed E-state index contributed by atoms with van der Waals surface area (Å²) >= 11 is 11.7. The van der Waals surface area contributed by atoms with Crippen molar-refractivity contribution in [1.29, 1.82) is 0 Å². The van der Waals surface area contributed by atoms with E-state index in [4.69, 9.17) is 27.9 Å². The highest BCUT2D eigenvalue weighted by Crippen LogP contribution is 2.22. The molecule has 3 nitrogen and oxygen atoms in total. The van der Waals surface area contributed by atoms with Gasteiger partial charge in [0, 0.05) is 13.1 Å². The summed E-state index contributed by atoms with van der Waals surface area (Å²) in [4.78, 5) is 11.1. The first-order valence-corrected chi connectivity index (χ1v) is 6.19. The number of carbonyl (C=O) groups excluding carboxylic acids is 1. The summed E-state index contributed by atoms with van der Waals surface area (Å²) in [5.74, 6) is -0.186. The Kier molecular flexibility index (Phi) is 6.34. The normalized spacial score (nSPS) is 10.3. The number of benzene rings is 1. The maximum atomic E-state index is 11.1. The van der Waals surface area contributed by atoms with Crippen molar-refractivity contribution < 1.29 is 9.53 Å². The third-order valence-corrected chi connectivity index (χ3v) is 2.86. The van der Waals surface area contributed by atoms with Gasteiger partial charge in [0.05, 0.1) is 23.1 Å². The SMILES string of the molecule is CCOC(=O)CCNCc1ccc(Cl)c(Cl)c1. The first kappa shape index (κ1) is 14.3. The largest absolute Gasteiger partial charge is 0.466 e. The molecule has 94 valence electrons. The molecule has 0 amide bonds. The third kappa shape index (κ3) is 5.39. The van der Waals surface area contributed by atoms with Crippen LogP contribution in [-0.2, 0) is 16.1 Å². The smallest absolute Gasteiger partial charge is 0.307 e. The summed E-state index contributed by atoms with van der Waals surface area (Å²) < 4.78 is 4.81. The molecule has 0 radical (unpaired) electrons. The molecule has 1 aromatic carbocycles. The molecular formula is C12H15Cl2NO2. The molecule has 5 heteroatoms. The van der Waals surface area contributed by atoms with Gasteiger partial charge in [-0.3, -0.25) is 4.79 Å². The van der Waals surface area contributed by atoms with Crippen LogP contribution in [0.3, 0.4) is 0 Å². The molecule has 0 atom stereocenters. The Morgan fingerprint density at radius 2 is 2.12 bits per heavy atom. The fourth-order valence-corrected chi connectivity index (χ4v) is 1.63. The highest BCUT2D eigenvalue weighted by Gasteiger charge is 2.02. The molecule has 0 fully saturated rings. The van der Waals surface area contributed by atoms with Crippen LogP contribution in [-0.4, -0.2) is 19.1 Å². The predicted molar refractivity (Wildman–Crippen MR) is 69.4 cm³/mol. The summed E-state index contributed by atoms with van der Waals surface area (Å²) in [6, 6.07) is 5.46. The van der Waals surface area contributed by atoms with E-state index in [1.165, 1.54) is 0 Å². The van der Waals surface area contributed by atoms with E-state index in [1.54, 1.807) is 19.1 Å². The highest BCUT2D eigenvalue weighted by atomic mass is 35.5. The summed E-state index contributed by atoms with van der Waals surface area (Å²) in [5, 5.41) is 4.22. The monoisotopic (exact) mass is 275 g/mol. The first-order valence-electron chi connectivity index (χ1n) is 5.43. The molecule has 0 aliphatic rings. The molecule has 0 aromatic heterocycles. The molecular weight excluding hydrogens is 261 g/mol. The van der Waals surface area contributed by atoms with Crippen molar-refractivity contribution in [1.82, 2.24) is 5.32 Å². The van der Waals surface area contributed by atoms with Gasteiger partial charge in [-0.1, -0.05) is 29.3 Å². The maximum absolute atomic E-state index is 11.1. The van der Waals surface area contributed by atoms with Gasteiger partial charge in [-0.05, 0) is 24.6 Å². The summed E-state index contributed by atoms with van der Waals surface area (Å²) in [7, 11) is 0. The number of halogens is 2. The zero-order chi connectivity index (χ0) is 12.7. The van der Waals surface area contributed by atoms with Gasteiger partial charge in [0.25, 0.3) is 0 Å². The Bertz CT molecular complexity index is 383. The molecule has 1 rings (SSSR count). The van der Waals surface area contributed by atoms with Gasteiger partial charge in [-0.25, -0.2) is 0 Å². The number of hydrogen-bond acceptors (Lipinski definition) is 3. The lowest BCUT2D eigenvalue weighted by Gasteiger charge is -2.06. The molecule has 0 aliphatic heterocycles. The molecule has 0 unspecified atom stereocenters. The zero-order valence-corrected chi connectivity index (χ0v) is 11.1. The number of hydrogen-bond donors (Lipinski definition) is 1. The van der Waals surface area contributed by atoms with Gasteiger partial charge in [-0.2, -0.15) is 0 Å². The van der Waals surface area contributed by atoms with Gasteiger partial charge in [-0.15, -0.1) is 0 Å². The molecule has 0 heterocycles. The van der Waals surface area contributed by atoms with Gasteiger partial charge >= 0.3 is 5.97 Å². The Hall–Kier alpha value is -0.770. The standard InChI is InChI=1S/C12H15Cl2NO2/c1-2-17-12(16)5-6-15-8-9-3-4-10(13)11(14)7-9/h3-4,7,15H,2,5-6,8H2,1H3. The van der Waals surface area contributed by atoms with Crippen LogP contribution in [0.2, 0.25) is 10.0 Å². The van der Waals surface area contributed by atoms with Crippen LogP contribution >= 0.6 is 23.2 Å². The molecule has 1 aromatic rings. The van der Waals surface area contributed by atoms with Crippen LogP contribution in [0.4, 0.5) is 0 Å². The van der Waals surface area contributed by atoms with Crippen molar-refractivity contribution in [2.75, 3.05) is 13.2 Å². The summed E-state index contributed by atoms with van der Waals surface area (Å²) in [6.07, 6.45) is 0.370. The Morgan fingerprint density at radius 3 is 2.76 bits per heavy atom. The average Bonchev–Trinajstić information content (AvgIpc) is 2.29. The predicted octanol–water partition coefficient (Wildman–Crippen LogP) is 3.04. The molecule has 0 bridgehead atoms. The average molecular weight is 276 g/mol. The van der Waals surface area contributed by atoms with Crippen molar-refractivity contribution in [3.05, 3.63) is 33.8 Å². The molecule has 0 saturated carbocycles. The van der Waals surface area contributed by atoms with E-state index in [0.29, 0.717) is 36.2 Å². The van der Waals surface area contributed by atoms with Gasteiger partial charge in [0.2, 0.25) is 0 Å². The molecule has 1 N–H and O–H groups in total. The number of esters is 1. The number of ether oxygens (including phenoxy) is 1. The van der Waals surface area contributed by atoms with E-state index in [1.807, 2.05) is 6.07 Å². The Morgan fingerprint density at radius 1 is 1.35 bits per heavy atom. The van der Waals surface area contributed by atoms with Crippen LogP contribution in [0.15, 0.2) is 18.2 Å². The third-order valence-electron chi connectivity index (χ3n) is 2.12. The highest BCUT2D eigenvalue weighted by molar-refractivity contribution is 6.42. The van der Waals surface area contributed by atoms with E-state index in [2.05, 4.69) is 5.32 Å². The number of rotatable bonds is 6. The topological polar surface area (TPSA) is 38.3 Å². The second-order valence-corrected chi connectivity index (χ2v) is 4.29. The molecule has 17 heavy (non-hydrogen) atoms. The van der Waals surface area contributed by atoms with Gasteiger partial charge in [0.1, 0.15) is 0 Å². The van der Waals surface area contributed by atoms with E-state index in [0.717, 1.165) is 5.56 Å². The summed E-state index contributed by atoms with van der Waals surface area (Å²) in [6.45, 7) is 3.45. The summed E-state index contributed by atoms with van der Waals surface area (Å²) in [5.41, 5.74) is 1.03. The van der Waals surface area contributed by atoms with Crippen LogP contribution in [0.25, 0.3) is 0 Å². The molecule has 0 spiro atoms. The van der Waals surface area contributed by atoms with E-state index >= 15 is 0 Å². The van der Waals surface area contributed by atoms with E-state index < -0.39 is 0 Å². The van der Waals surface area contributed by atoms with Crippen molar-refractivity contribution in [2.24, 2.45) is 0 Å². The number of nitrogens with one attached hydrogen (secondary N) is 1. The minimum Gasteiger partial charge on any atom is -0.466 e. The van der Waals surface area contributed by atoms with Crippen LogP contribution in [0.5, 0.6) is 0 Å². The van der Waals surface area contributed by atoms with Gasteiger partial charge in [0.15, 0.2) is 0 Å². The van der Waals surface area contributed by atoms with Crippen molar-refractivity contribution in [2.45, 2.75) is 19.9 Å². The fourth-order valence-electron chi connectivity index (χ4n) is 1.31. The lowest BCUT2D eigenvalue weighted by Crippen LogP contribution is -2.19. The quantitative estimate of drug-likeness (QED) is 0.641. The maximum Gasteiger partial charge on any atom is 0.307 e. The van der Waals surface area contributed by atoms with Crippen LogP contribution in [0, 0.1) is 0 Å². The Balaban J connectivity index is 2.26. The first-order chi connectivity index (χ1) is 8.13. The zero-order valence-electron chi connectivity index (χ0n) is 9.63. The number of carbonyl (C=O) groups is 1. The van der Waals surface area contributed by atoms with E-state index in [-0.39, 0.29) is 5.97 Å². The minimum absolute atomic E-state index is 0.186. The molecule has 0 aliphatic carbocycles. The van der Waals surface area contributed by atoms with Crippen LogP contribution < -0.4 is 5.32 Å². The lowest BCUT2D eigenvalue weighted by molar-refractivity contribution is -0.142. The van der Waals surface area contributed by atoms with Gasteiger partial charge < -0.3 is 10.1 Å². The second kappa shape index (κ2) is 7.54. The van der Waals surface area contributed by atoms with Crippen molar-refractivity contribution >= 4 is 29.2 Å². The minimum atomic E-state index is -0.186. The molecule has 0 saturated heterocycles. The van der Waals surface area contributed by atoms with E-state index in [9.17, 15) is 4.79 Å². The fraction of sp³-hybridized carbons (Fsp3) is 0.417. The van der Waals surface area contributed by atoms with Crippen LogP contribution in [0.1, 0.15) is 18.9 Å².